The Hall–Kier alpha value is -1.02. The second-order valence-corrected chi connectivity index (χ2v) is 3.25. The molecule has 0 N–H and O–H groups in total. The number of benzene rings is 1. The summed E-state index contributed by atoms with van der Waals surface area (Å²) in [5.41, 5.74) is 1.04. The highest BCUT2D eigenvalue weighted by Gasteiger charge is 2.01. The topological polar surface area (TPSA) is 26.3 Å². The van der Waals surface area contributed by atoms with E-state index >= 15 is 0 Å². The molecule has 0 amide bonds. The van der Waals surface area contributed by atoms with Gasteiger partial charge in [-0.2, -0.15) is 0 Å². The molecule has 0 aromatic heterocycles. The van der Waals surface area contributed by atoms with Crippen molar-refractivity contribution in [1.29, 1.82) is 0 Å². The van der Waals surface area contributed by atoms with Gasteiger partial charge in [0.2, 0.25) is 0 Å². The molecule has 0 bridgehead atoms. The number of halogens is 1. The number of hydrogen-bond donors (Lipinski definition) is 0. The van der Waals surface area contributed by atoms with E-state index in [0.29, 0.717) is 13.0 Å². The van der Waals surface area contributed by atoms with Crippen LogP contribution in [0.4, 0.5) is 0 Å². The number of rotatable bonds is 5. The number of ether oxygens (including phenoxy) is 1. The van der Waals surface area contributed by atoms with Crippen LogP contribution in [0.3, 0.4) is 0 Å². The lowest BCUT2D eigenvalue weighted by atomic mass is 10.2. The summed E-state index contributed by atoms with van der Waals surface area (Å²) in [6, 6.07) is 9.73. The first-order chi connectivity index (χ1) is 6.83. The van der Waals surface area contributed by atoms with Gasteiger partial charge in [0.25, 0.3) is 0 Å². The maximum atomic E-state index is 11.2. The minimum atomic E-state index is -0.101. The number of esters is 1. The molecule has 0 spiro atoms. The molecule has 3 heteroatoms. The summed E-state index contributed by atoms with van der Waals surface area (Å²) in [6.45, 7) is 2.45. The van der Waals surface area contributed by atoms with E-state index in [4.69, 9.17) is 4.74 Å². The molecule has 0 fully saturated rings. The third kappa shape index (κ3) is 6.13. The lowest BCUT2D eigenvalue weighted by molar-refractivity contribution is -0.145. The number of carbonyl (C=O) groups excluding carboxylic acids is 1. The zero-order valence-electron chi connectivity index (χ0n) is 8.94. The summed E-state index contributed by atoms with van der Waals surface area (Å²) in [5, 5.41) is 0. The lowest BCUT2D eigenvalue weighted by Gasteiger charge is -2.03. The fraction of sp³-hybridized carbons (Fsp3) is 0.417. The average Bonchev–Trinajstić information content (AvgIpc) is 2.25. The van der Waals surface area contributed by atoms with Gasteiger partial charge >= 0.3 is 5.97 Å². The van der Waals surface area contributed by atoms with Crippen molar-refractivity contribution in [3.05, 3.63) is 35.9 Å². The van der Waals surface area contributed by atoms with Crippen LogP contribution < -0.4 is 0 Å². The Morgan fingerprint density at radius 3 is 2.53 bits per heavy atom. The second-order valence-electron chi connectivity index (χ2n) is 3.25. The molecule has 1 aromatic carbocycles. The van der Waals surface area contributed by atoms with Gasteiger partial charge in [-0.1, -0.05) is 43.7 Å². The quantitative estimate of drug-likeness (QED) is 0.723. The lowest BCUT2D eigenvalue weighted by Crippen LogP contribution is -2.03. The van der Waals surface area contributed by atoms with Crippen LogP contribution in [0.15, 0.2) is 30.3 Å². The van der Waals surface area contributed by atoms with E-state index < -0.39 is 0 Å². The highest BCUT2D eigenvalue weighted by Crippen LogP contribution is 2.03. The zero-order chi connectivity index (χ0) is 10.2. The van der Waals surface area contributed by atoms with E-state index in [9.17, 15) is 4.79 Å². The van der Waals surface area contributed by atoms with Crippen molar-refractivity contribution in [3.8, 4) is 0 Å². The van der Waals surface area contributed by atoms with Gasteiger partial charge in [-0.05, 0) is 12.0 Å². The summed E-state index contributed by atoms with van der Waals surface area (Å²) in [5.74, 6) is -0.101. The predicted molar refractivity (Wildman–Crippen MR) is 63.0 cm³/mol. The number of unbranched alkanes of at least 4 members (excludes halogenated alkanes) is 1. The highest BCUT2D eigenvalue weighted by molar-refractivity contribution is 5.85. The first-order valence-corrected chi connectivity index (χ1v) is 5.02. The van der Waals surface area contributed by atoms with E-state index in [-0.39, 0.29) is 18.4 Å². The third-order valence-electron chi connectivity index (χ3n) is 1.98. The molecule has 84 valence electrons. The molecule has 15 heavy (non-hydrogen) atoms. The Balaban J connectivity index is 0.00000196. The Morgan fingerprint density at radius 2 is 1.93 bits per heavy atom. The molecule has 0 aliphatic carbocycles. The van der Waals surface area contributed by atoms with Crippen molar-refractivity contribution in [2.24, 2.45) is 0 Å². The van der Waals surface area contributed by atoms with Crippen LogP contribution in [0.25, 0.3) is 0 Å². The van der Waals surface area contributed by atoms with Crippen LogP contribution in [-0.2, 0) is 16.1 Å². The molecule has 0 atom stereocenters. The van der Waals surface area contributed by atoms with E-state index in [1.54, 1.807) is 0 Å². The zero-order valence-corrected chi connectivity index (χ0v) is 9.76. The summed E-state index contributed by atoms with van der Waals surface area (Å²) in [4.78, 5) is 11.2. The van der Waals surface area contributed by atoms with Gasteiger partial charge in [-0.3, -0.25) is 4.79 Å². The molecule has 0 saturated heterocycles. The standard InChI is InChI=1S/C12H16O2.ClH/c1-2-3-9-12(13)14-10-11-7-5-4-6-8-11;/h4-8H,2-3,9-10H2,1H3;1H. The third-order valence-corrected chi connectivity index (χ3v) is 1.98. The van der Waals surface area contributed by atoms with Crippen molar-refractivity contribution >= 4 is 18.4 Å². The highest BCUT2D eigenvalue weighted by atomic mass is 35.5. The predicted octanol–water partition coefficient (Wildman–Crippen LogP) is 3.34. The van der Waals surface area contributed by atoms with E-state index in [2.05, 4.69) is 6.92 Å². The largest absolute Gasteiger partial charge is 0.461 e. The molecule has 0 saturated carbocycles. The van der Waals surface area contributed by atoms with Gasteiger partial charge in [0.15, 0.2) is 0 Å². The van der Waals surface area contributed by atoms with Gasteiger partial charge in [0.1, 0.15) is 6.61 Å². The molecule has 0 heterocycles. The minimum Gasteiger partial charge on any atom is -0.461 e. The summed E-state index contributed by atoms with van der Waals surface area (Å²) >= 11 is 0. The normalized spacial score (nSPS) is 9.13. The molecule has 1 aromatic rings. The van der Waals surface area contributed by atoms with E-state index in [1.807, 2.05) is 30.3 Å². The first kappa shape index (κ1) is 14.0. The fourth-order valence-corrected chi connectivity index (χ4v) is 1.13. The van der Waals surface area contributed by atoms with Gasteiger partial charge in [0.05, 0.1) is 0 Å². The fourth-order valence-electron chi connectivity index (χ4n) is 1.13. The molecular formula is C12H17ClO2. The SMILES string of the molecule is CCCCC(=O)OCc1ccccc1.Cl. The molecule has 1 rings (SSSR count). The van der Waals surface area contributed by atoms with Crippen molar-refractivity contribution in [2.45, 2.75) is 32.8 Å². The molecule has 0 aliphatic rings. The summed E-state index contributed by atoms with van der Waals surface area (Å²) in [7, 11) is 0. The Bertz CT molecular complexity index is 272. The van der Waals surface area contributed by atoms with E-state index in [1.165, 1.54) is 0 Å². The average molecular weight is 229 g/mol. The smallest absolute Gasteiger partial charge is 0.306 e. The first-order valence-electron chi connectivity index (χ1n) is 5.02. The van der Waals surface area contributed by atoms with Gasteiger partial charge in [0, 0.05) is 6.42 Å². The van der Waals surface area contributed by atoms with Gasteiger partial charge in [-0.15, -0.1) is 12.4 Å². The maximum absolute atomic E-state index is 11.2. The van der Waals surface area contributed by atoms with Crippen LogP contribution in [0.1, 0.15) is 31.7 Å². The van der Waals surface area contributed by atoms with E-state index in [0.717, 1.165) is 18.4 Å². The number of carbonyl (C=O) groups is 1. The monoisotopic (exact) mass is 228 g/mol. The van der Waals surface area contributed by atoms with Gasteiger partial charge in [-0.25, -0.2) is 0 Å². The van der Waals surface area contributed by atoms with Crippen LogP contribution in [0.5, 0.6) is 0 Å². The summed E-state index contributed by atoms with van der Waals surface area (Å²) < 4.78 is 5.09. The van der Waals surface area contributed by atoms with Crippen molar-refractivity contribution < 1.29 is 9.53 Å². The summed E-state index contributed by atoms with van der Waals surface area (Å²) in [6.07, 6.45) is 2.47. The molecule has 2 nitrogen and oxygen atoms in total. The van der Waals surface area contributed by atoms with Crippen LogP contribution >= 0.6 is 12.4 Å². The van der Waals surface area contributed by atoms with Crippen LogP contribution in [-0.4, -0.2) is 5.97 Å². The van der Waals surface area contributed by atoms with Crippen molar-refractivity contribution in [3.63, 3.8) is 0 Å². The maximum Gasteiger partial charge on any atom is 0.306 e. The molecule has 0 radical (unpaired) electrons. The molecule has 0 unspecified atom stereocenters. The molecule has 0 aliphatic heterocycles. The van der Waals surface area contributed by atoms with Crippen LogP contribution in [0, 0.1) is 0 Å². The second kappa shape index (κ2) is 8.30. The Labute approximate surface area is 97.0 Å². The number of hydrogen-bond acceptors (Lipinski definition) is 2. The van der Waals surface area contributed by atoms with Crippen molar-refractivity contribution in [2.75, 3.05) is 0 Å². The van der Waals surface area contributed by atoms with Gasteiger partial charge < -0.3 is 4.74 Å². The van der Waals surface area contributed by atoms with Crippen molar-refractivity contribution in [1.82, 2.24) is 0 Å². The molecular weight excluding hydrogens is 212 g/mol. The van der Waals surface area contributed by atoms with Crippen LogP contribution in [0.2, 0.25) is 0 Å². The minimum absolute atomic E-state index is 0. The Kier molecular flexibility index (Phi) is 7.74. The Morgan fingerprint density at radius 1 is 1.27 bits per heavy atom.